The lowest BCUT2D eigenvalue weighted by molar-refractivity contribution is 0.372. The van der Waals surface area contributed by atoms with Crippen LogP contribution in [0.2, 0.25) is 0 Å². The predicted molar refractivity (Wildman–Crippen MR) is 84.9 cm³/mol. The van der Waals surface area contributed by atoms with Crippen molar-refractivity contribution in [3.63, 3.8) is 0 Å². The fourth-order valence-electron chi connectivity index (χ4n) is 1.55. The number of nitrogens with zero attached hydrogens (tertiary/aromatic N) is 3. The number of hydrogen-bond acceptors (Lipinski definition) is 5. The van der Waals surface area contributed by atoms with Crippen LogP contribution in [0.3, 0.4) is 0 Å². The highest BCUT2D eigenvalue weighted by Gasteiger charge is 2.07. The van der Waals surface area contributed by atoms with Gasteiger partial charge in [-0.05, 0) is 45.8 Å². The van der Waals surface area contributed by atoms with Gasteiger partial charge in [0, 0.05) is 6.20 Å². The second-order valence-electron chi connectivity index (χ2n) is 4.00. The van der Waals surface area contributed by atoms with Gasteiger partial charge in [0.1, 0.15) is 5.69 Å². The molecule has 0 fully saturated rings. The molecule has 1 aromatic heterocycles. The maximum Gasteiger partial charge on any atom is 0.172 e. The molecule has 7 heteroatoms. The molecule has 2 rings (SSSR count). The fourth-order valence-corrected chi connectivity index (χ4v) is 2.01. The number of nitrogens with two attached hydrogens (primary N) is 1. The molecule has 0 bridgehead atoms. The number of ether oxygens (including phenoxy) is 1. The van der Waals surface area contributed by atoms with Gasteiger partial charge in [0.15, 0.2) is 17.3 Å². The number of amidine groups is 1. The molecule has 1 aromatic carbocycles. The van der Waals surface area contributed by atoms with E-state index in [0.29, 0.717) is 21.5 Å². The number of methoxy groups -OCH3 is 1. The van der Waals surface area contributed by atoms with E-state index in [1.54, 1.807) is 30.5 Å². The fraction of sp³-hybridized carbons (Fsp3) is 0.0714. The summed E-state index contributed by atoms with van der Waals surface area (Å²) in [6.07, 6.45) is 3.13. The third-order valence-electron chi connectivity index (χ3n) is 2.57. The Balaban J connectivity index is 2.20. The molecule has 3 N–H and O–H groups in total. The van der Waals surface area contributed by atoms with E-state index in [0.717, 1.165) is 0 Å². The Labute approximate surface area is 130 Å². The Morgan fingerprint density at radius 3 is 2.90 bits per heavy atom. The van der Waals surface area contributed by atoms with E-state index in [4.69, 9.17) is 10.5 Å². The van der Waals surface area contributed by atoms with Gasteiger partial charge < -0.3 is 15.6 Å². The van der Waals surface area contributed by atoms with E-state index in [9.17, 15) is 5.11 Å². The summed E-state index contributed by atoms with van der Waals surface area (Å²) in [5.41, 5.74) is 7.03. The standard InChI is InChI=1S/C14H13BrN4O2/c1-21-12-7-9(6-10(15)13(12)20)8-18-19-14(16)11-4-2-3-5-17-11/h2-8,20H,1H3,(H2,16,19)/b18-8+. The van der Waals surface area contributed by atoms with Gasteiger partial charge in [-0.15, -0.1) is 5.10 Å². The van der Waals surface area contributed by atoms with Crippen molar-refractivity contribution in [1.29, 1.82) is 0 Å². The SMILES string of the molecule is COc1cc(/C=N/N=C(N)c2ccccn2)cc(Br)c1O. The lowest BCUT2D eigenvalue weighted by atomic mass is 10.2. The molecule has 0 saturated heterocycles. The summed E-state index contributed by atoms with van der Waals surface area (Å²) in [7, 11) is 1.47. The molecule has 0 aliphatic rings. The minimum Gasteiger partial charge on any atom is -0.503 e. The van der Waals surface area contributed by atoms with Crippen molar-refractivity contribution >= 4 is 28.0 Å². The summed E-state index contributed by atoms with van der Waals surface area (Å²) >= 11 is 3.23. The van der Waals surface area contributed by atoms with Gasteiger partial charge in [-0.2, -0.15) is 5.10 Å². The van der Waals surface area contributed by atoms with Crippen LogP contribution in [0, 0.1) is 0 Å². The molecule has 21 heavy (non-hydrogen) atoms. The maximum atomic E-state index is 9.71. The van der Waals surface area contributed by atoms with Crippen LogP contribution in [0.4, 0.5) is 0 Å². The van der Waals surface area contributed by atoms with Crippen LogP contribution in [0.15, 0.2) is 51.2 Å². The third-order valence-corrected chi connectivity index (χ3v) is 3.17. The Morgan fingerprint density at radius 1 is 1.43 bits per heavy atom. The molecule has 0 aliphatic heterocycles. The van der Waals surface area contributed by atoms with Crippen molar-refractivity contribution < 1.29 is 9.84 Å². The molecule has 1 heterocycles. The number of rotatable bonds is 4. The van der Waals surface area contributed by atoms with E-state index in [1.165, 1.54) is 13.3 Å². The Hall–Kier alpha value is -2.41. The number of aromatic nitrogens is 1. The van der Waals surface area contributed by atoms with Crippen molar-refractivity contribution in [3.05, 3.63) is 52.3 Å². The number of pyridine rings is 1. The minimum absolute atomic E-state index is 0.0335. The van der Waals surface area contributed by atoms with Crippen LogP contribution >= 0.6 is 15.9 Å². The Morgan fingerprint density at radius 2 is 2.24 bits per heavy atom. The van der Waals surface area contributed by atoms with E-state index >= 15 is 0 Å². The smallest absolute Gasteiger partial charge is 0.172 e. The van der Waals surface area contributed by atoms with Crippen LogP contribution in [0.1, 0.15) is 11.3 Å². The first-order chi connectivity index (χ1) is 10.1. The Kier molecular flexibility index (Phi) is 4.89. The number of hydrogen-bond donors (Lipinski definition) is 2. The third kappa shape index (κ3) is 3.79. The normalized spacial score (nSPS) is 11.8. The van der Waals surface area contributed by atoms with E-state index in [-0.39, 0.29) is 11.6 Å². The summed E-state index contributed by atoms with van der Waals surface area (Å²) in [4.78, 5) is 4.07. The monoisotopic (exact) mass is 348 g/mol. The second kappa shape index (κ2) is 6.85. The summed E-state index contributed by atoms with van der Waals surface area (Å²) in [6.45, 7) is 0. The van der Waals surface area contributed by atoms with E-state index in [1.807, 2.05) is 6.07 Å². The average molecular weight is 349 g/mol. The first-order valence-corrected chi connectivity index (χ1v) is 6.75. The molecule has 0 spiro atoms. The number of phenolic OH excluding ortho intramolecular Hbond substituents is 1. The molecular weight excluding hydrogens is 336 g/mol. The predicted octanol–water partition coefficient (Wildman–Crippen LogP) is 2.30. The van der Waals surface area contributed by atoms with Crippen LogP contribution in [-0.4, -0.2) is 29.3 Å². The van der Waals surface area contributed by atoms with Crippen molar-refractivity contribution in [2.75, 3.05) is 7.11 Å². The van der Waals surface area contributed by atoms with Gasteiger partial charge in [0.2, 0.25) is 0 Å². The number of aromatic hydroxyl groups is 1. The topological polar surface area (TPSA) is 93.1 Å². The molecular formula is C14H13BrN4O2. The van der Waals surface area contributed by atoms with Crippen molar-refractivity contribution in [2.45, 2.75) is 0 Å². The zero-order valence-corrected chi connectivity index (χ0v) is 12.8. The zero-order valence-electron chi connectivity index (χ0n) is 11.2. The molecule has 0 aliphatic carbocycles. The maximum absolute atomic E-state index is 9.71. The molecule has 0 amide bonds. The van der Waals surface area contributed by atoms with Crippen molar-refractivity contribution in [3.8, 4) is 11.5 Å². The lowest BCUT2D eigenvalue weighted by Gasteiger charge is -2.05. The second-order valence-corrected chi connectivity index (χ2v) is 4.85. The highest BCUT2D eigenvalue weighted by Crippen LogP contribution is 2.34. The lowest BCUT2D eigenvalue weighted by Crippen LogP contribution is -2.14. The van der Waals surface area contributed by atoms with Gasteiger partial charge >= 0.3 is 0 Å². The van der Waals surface area contributed by atoms with E-state index < -0.39 is 0 Å². The number of phenols is 1. The summed E-state index contributed by atoms with van der Waals surface area (Å²) < 4.78 is 5.56. The summed E-state index contributed by atoms with van der Waals surface area (Å²) in [6, 6.07) is 8.68. The average Bonchev–Trinajstić information content (AvgIpc) is 2.51. The summed E-state index contributed by atoms with van der Waals surface area (Å²) in [5.74, 6) is 0.593. The highest BCUT2D eigenvalue weighted by molar-refractivity contribution is 9.10. The first kappa shape index (κ1) is 15.0. The van der Waals surface area contributed by atoms with Crippen molar-refractivity contribution in [1.82, 2.24) is 4.98 Å². The van der Waals surface area contributed by atoms with E-state index in [2.05, 4.69) is 31.1 Å². The first-order valence-electron chi connectivity index (χ1n) is 5.96. The van der Waals surface area contributed by atoms with Gasteiger partial charge in [-0.25, -0.2) is 0 Å². The van der Waals surface area contributed by atoms with Crippen molar-refractivity contribution in [2.24, 2.45) is 15.9 Å². The van der Waals surface area contributed by atoms with Gasteiger partial charge in [0.25, 0.3) is 0 Å². The quantitative estimate of drug-likeness (QED) is 0.503. The van der Waals surface area contributed by atoms with Gasteiger partial charge in [-0.1, -0.05) is 6.07 Å². The van der Waals surface area contributed by atoms with Crippen LogP contribution in [0.5, 0.6) is 11.5 Å². The van der Waals surface area contributed by atoms with Gasteiger partial charge in [0.05, 0.1) is 17.8 Å². The van der Waals surface area contributed by atoms with Crippen LogP contribution in [-0.2, 0) is 0 Å². The molecule has 108 valence electrons. The Bertz CT molecular complexity index is 687. The van der Waals surface area contributed by atoms with Crippen LogP contribution < -0.4 is 10.5 Å². The molecule has 6 nitrogen and oxygen atoms in total. The largest absolute Gasteiger partial charge is 0.503 e. The zero-order chi connectivity index (χ0) is 15.2. The highest BCUT2D eigenvalue weighted by atomic mass is 79.9. The van der Waals surface area contributed by atoms with Gasteiger partial charge in [-0.3, -0.25) is 4.98 Å². The molecule has 0 atom stereocenters. The number of halogens is 1. The number of benzene rings is 1. The minimum atomic E-state index is 0.0335. The molecule has 0 radical (unpaired) electrons. The summed E-state index contributed by atoms with van der Waals surface area (Å²) in [5, 5.41) is 17.5. The molecule has 0 saturated carbocycles. The van der Waals surface area contributed by atoms with Crippen LogP contribution in [0.25, 0.3) is 0 Å². The molecule has 2 aromatic rings. The molecule has 0 unspecified atom stereocenters.